The topological polar surface area (TPSA) is 46.5 Å². The molecule has 0 saturated heterocycles. The van der Waals surface area contributed by atoms with Crippen molar-refractivity contribution in [3.05, 3.63) is 69.2 Å². The zero-order valence-electron chi connectivity index (χ0n) is 14.3. The Morgan fingerprint density at radius 2 is 1.88 bits per heavy atom. The number of aryl methyl sites for hydroxylation is 1. The minimum Gasteiger partial charge on any atom is -0.489 e. The highest BCUT2D eigenvalue weighted by Gasteiger charge is 2.18. The van der Waals surface area contributed by atoms with Gasteiger partial charge in [-0.25, -0.2) is 0 Å². The number of halogens is 2. The summed E-state index contributed by atoms with van der Waals surface area (Å²) < 4.78 is 5.94. The average Bonchev–Trinajstić information content (AvgIpc) is 3.07. The molecular weight excluding hydrogens is 371 g/mol. The first-order valence-electron chi connectivity index (χ1n) is 8.63. The summed E-state index contributed by atoms with van der Waals surface area (Å²) in [6.07, 6.45) is 3.60. The summed E-state index contributed by atoms with van der Waals surface area (Å²) in [6, 6.07) is 13.3. The highest BCUT2D eigenvalue weighted by atomic mass is 35.5. The lowest BCUT2D eigenvalue weighted by Crippen LogP contribution is -2.02. The van der Waals surface area contributed by atoms with Crippen molar-refractivity contribution in [2.75, 3.05) is 6.61 Å². The van der Waals surface area contributed by atoms with Crippen molar-refractivity contribution in [1.82, 2.24) is 0 Å². The quantitative estimate of drug-likeness (QED) is 0.627. The van der Waals surface area contributed by atoms with E-state index in [1.807, 2.05) is 30.3 Å². The Morgan fingerprint density at radius 1 is 1.08 bits per heavy atom. The molecule has 3 nitrogen and oxygen atoms in total. The van der Waals surface area contributed by atoms with Crippen LogP contribution in [0.3, 0.4) is 0 Å². The van der Waals surface area contributed by atoms with Crippen LogP contribution in [0.25, 0.3) is 5.57 Å². The van der Waals surface area contributed by atoms with Gasteiger partial charge in [0.25, 0.3) is 0 Å². The van der Waals surface area contributed by atoms with Crippen molar-refractivity contribution in [3.63, 3.8) is 0 Å². The summed E-state index contributed by atoms with van der Waals surface area (Å²) in [5.41, 5.74) is 4.45. The third-order valence-electron chi connectivity index (χ3n) is 4.58. The van der Waals surface area contributed by atoms with E-state index in [9.17, 15) is 4.79 Å². The smallest absolute Gasteiger partial charge is 0.303 e. The van der Waals surface area contributed by atoms with Crippen LogP contribution < -0.4 is 4.74 Å². The van der Waals surface area contributed by atoms with Crippen LogP contribution in [0.5, 0.6) is 5.75 Å². The number of hydrogen-bond acceptors (Lipinski definition) is 2. The third-order valence-corrected chi connectivity index (χ3v) is 5.26. The maximum Gasteiger partial charge on any atom is 0.303 e. The fourth-order valence-corrected chi connectivity index (χ4v) is 3.74. The lowest BCUT2D eigenvalue weighted by molar-refractivity contribution is -0.136. The first-order valence-corrected chi connectivity index (χ1v) is 9.39. The molecule has 0 spiro atoms. The molecule has 0 radical (unpaired) electrons. The summed E-state index contributed by atoms with van der Waals surface area (Å²) in [5.74, 6) is -0.145. The van der Waals surface area contributed by atoms with Gasteiger partial charge in [0, 0.05) is 16.5 Å². The molecule has 2 aromatic rings. The molecule has 0 amide bonds. The highest BCUT2D eigenvalue weighted by molar-refractivity contribution is 6.32. The second-order valence-electron chi connectivity index (χ2n) is 6.35. The SMILES string of the molecule is O=C(O)CCc1ccc(OCC2=C(c3ccccc3Cl)CCC2)cc1Cl. The Bertz CT molecular complexity index is 843. The average molecular weight is 391 g/mol. The van der Waals surface area contributed by atoms with Gasteiger partial charge in [0.05, 0.1) is 0 Å². The van der Waals surface area contributed by atoms with Crippen molar-refractivity contribution < 1.29 is 14.6 Å². The Labute approximate surface area is 163 Å². The van der Waals surface area contributed by atoms with Gasteiger partial charge in [-0.15, -0.1) is 0 Å². The van der Waals surface area contributed by atoms with Crippen LogP contribution in [0.4, 0.5) is 0 Å². The number of ether oxygens (including phenoxy) is 1. The van der Waals surface area contributed by atoms with E-state index in [0.717, 1.165) is 35.4 Å². The first kappa shape index (κ1) is 18.8. The molecule has 1 aliphatic carbocycles. The van der Waals surface area contributed by atoms with Crippen LogP contribution in [0.15, 0.2) is 48.0 Å². The molecule has 0 atom stereocenters. The maximum absolute atomic E-state index is 10.7. The largest absolute Gasteiger partial charge is 0.489 e. The van der Waals surface area contributed by atoms with Gasteiger partial charge in [0.2, 0.25) is 0 Å². The van der Waals surface area contributed by atoms with E-state index >= 15 is 0 Å². The van der Waals surface area contributed by atoms with E-state index < -0.39 is 5.97 Å². The highest BCUT2D eigenvalue weighted by Crippen LogP contribution is 2.37. The molecule has 0 saturated carbocycles. The molecule has 0 bridgehead atoms. The van der Waals surface area contributed by atoms with Gasteiger partial charge in [0.15, 0.2) is 0 Å². The third kappa shape index (κ3) is 4.60. The second-order valence-corrected chi connectivity index (χ2v) is 7.17. The standard InChI is InChI=1S/C21H20Cl2O3/c22-19-7-2-1-5-18(19)17-6-3-4-15(17)13-26-16-10-8-14(20(23)12-16)9-11-21(24)25/h1-2,5,7-8,10,12H,3-4,6,9,11,13H2,(H,24,25). The molecule has 0 unspecified atom stereocenters. The number of allylic oxidation sites excluding steroid dienone is 1. The van der Waals surface area contributed by atoms with Crippen LogP contribution in [-0.2, 0) is 11.2 Å². The Hall–Kier alpha value is -1.97. The Balaban J connectivity index is 1.70. The van der Waals surface area contributed by atoms with Gasteiger partial charge in [-0.05, 0) is 66.2 Å². The molecule has 0 heterocycles. The maximum atomic E-state index is 10.7. The summed E-state index contributed by atoms with van der Waals surface area (Å²) >= 11 is 12.6. The number of hydrogen-bond donors (Lipinski definition) is 1. The Morgan fingerprint density at radius 3 is 2.62 bits per heavy atom. The molecule has 2 aromatic carbocycles. The molecule has 26 heavy (non-hydrogen) atoms. The predicted octanol–water partition coefficient (Wildman–Crippen LogP) is 6.03. The fourth-order valence-electron chi connectivity index (χ4n) is 3.23. The summed E-state index contributed by atoms with van der Waals surface area (Å²) in [5, 5.41) is 10.1. The van der Waals surface area contributed by atoms with Crippen LogP contribution in [0.2, 0.25) is 10.0 Å². The van der Waals surface area contributed by atoms with Crippen molar-refractivity contribution >= 4 is 34.7 Å². The minimum absolute atomic E-state index is 0.0635. The van der Waals surface area contributed by atoms with Gasteiger partial charge in [-0.2, -0.15) is 0 Å². The van der Waals surface area contributed by atoms with Gasteiger partial charge in [-0.1, -0.05) is 47.5 Å². The molecule has 0 fully saturated rings. The summed E-state index contributed by atoms with van der Waals surface area (Å²) in [7, 11) is 0. The van der Waals surface area contributed by atoms with E-state index in [2.05, 4.69) is 6.07 Å². The lowest BCUT2D eigenvalue weighted by Gasteiger charge is -2.12. The molecule has 0 aromatic heterocycles. The molecular formula is C21H20Cl2O3. The normalized spacial score (nSPS) is 13.9. The number of rotatable bonds is 7. The van der Waals surface area contributed by atoms with Crippen LogP contribution in [-0.4, -0.2) is 17.7 Å². The number of aliphatic carboxylic acids is 1. The summed E-state index contributed by atoms with van der Waals surface area (Å²) in [4.78, 5) is 10.7. The zero-order valence-corrected chi connectivity index (χ0v) is 15.8. The monoisotopic (exact) mass is 390 g/mol. The molecule has 136 valence electrons. The number of carboxylic acids is 1. The van der Waals surface area contributed by atoms with Crippen LogP contribution >= 0.6 is 23.2 Å². The van der Waals surface area contributed by atoms with Gasteiger partial charge < -0.3 is 9.84 Å². The van der Waals surface area contributed by atoms with Gasteiger partial charge in [-0.3, -0.25) is 4.79 Å². The molecule has 5 heteroatoms. The predicted molar refractivity (Wildman–Crippen MR) is 105 cm³/mol. The van der Waals surface area contributed by atoms with Gasteiger partial charge >= 0.3 is 5.97 Å². The second kappa shape index (κ2) is 8.61. The molecule has 1 N–H and O–H groups in total. The van der Waals surface area contributed by atoms with Crippen molar-refractivity contribution in [3.8, 4) is 5.75 Å². The molecule has 1 aliphatic rings. The van der Waals surface area contributed by atoms with Crippen molar-refractivity contribution in [2.45, 2.75) is 32.1 Å². The lowest BCUT2D eigenvalue weighted by atomic mass is 10.0. The van der Waals surface area contributed by atoms with Crippen LogP contribution in [0, 0.1) is 0 Å². The van der Waals surface area contributed by atoms with E-state index in [-0.39, 0.29) is 6.42 Å². The van der Waals surface area contributed by atoms with E-state index in [1.165, 1.54) is 11.1 Å². The van der Waals surface area contributed by atoms with Gasteiger partial charge in [0.1, 0.15) is 12.4 Å². The minimum atomic E-state index is -0.832. The molecule has 0 aliphatic heterocycles. The number of benzene rings is 2. The van der Waals surface area contributed by atoms with Crippen molar-refractivity contribution in [2.24, 2.45) is 0 Å². The first-order chi connectivity index (χ1) is 12.5. The van der Waals surface area contributed by atoms with E-state index in [4.69, 9.17) is 33.0 Å². The molecule has 3 rings (SSSR count). The van der Waals surface area contributed by atoms with Crippen molar-refractivity contribution in [1.29, 1.82) is 0 Å². The Kier molecular flexibility index (Phi) is 6.23. The van der Waals surface area contributed by atoms with E-state index in [1.54, 1.807) is 6.07 Å². The van der Waals surface area contributed by atoms with Crippen LogP contribution in [0.1, 0.15) is 36.8 Å². The summed E-state index contributed by atoms with van der Waals surface area (Å²) in [6.45, 7) is 0.505. The zero-order chi connectivity index (χ0) is 18.5. The number of carbonyl (C=O) groups is 1. The fraction of sp³-hybridized carbons (Fsp3) is 0.286. The van der Waals surface area contributed by atoms with E-state index in [0.29, 0.717) is 23.8 Å². The number of carboxylic acid groups (broad SMARTS) is 1.